The van der Waals surface area contributed by atoms with Crippen molar-refractivity contribution in [2.24, 2.45) is 11.7 Å². The summed E-state index contributed by atoms with van der Waals surface area (Å²) in [6.07, 6.45) is 11.8. The van der Waals surface area contributed by atoms with Crippen molar-refractivity contribution in [1.29, 1.82) is 0 Å². The second kappa shape index (κ2) is 6.07. The molecule has 0 radical (unpaired) electrons. The zero-order valence-electron chi connectivity index (χ0n) is 13.5. The first kappa shape index (κ1) is 14.9. The van der Waals surface area contributed by atoms with Crippen LogP contribution in [0.3, 0.4) is 0 Å². The van der Waals surface area contributed by atoms with E-state index in [0.29, 0.717) is 11.3 Å². The van der Waals surface area contributed by atoms with Crippen LogP contribution in [0.1, 0.15) is 63.2 Å². The predicted octanol–water partition coefficient (Wildman–Crippen LogP) is 2.29. The van der Waals surface area contributed by atoms with Gasteiger partial charge < -0.3 is 10.7 Å². The van der Waals surface area contributed by atoms with E-state index in [0.717, 1.165) is 43.6 Å². The minimum atomic E-state index is -0.0608. The van der Waals surface area contributed by atoms with Gasteiger partial charge in [-0.1, -0.05) is 25.7 Å². The van der Waals surface area contributed by atoms with E-state index in [1.165, 1.54) is 25.7 Å². The van der Waals surface area contributed by atoms with Crippen molar-refractivity contribution in [1.82, 2.24) is 19.7 Å². The normalized spacial score (nSPS) is 26.1. The Balaban J connectivity index is 1.68. The molecule has 4 rings (SSSR count). The van der Waals surface area contributed by atoms with Crippen molar-refractivity contribution < 1.29 is 0 Å². The van der Waals surface area contributed by atoms with Gasteiger partial charge in [-0.2, -0.15) is 5.10 Å². The van der Waals surface area contributed by atoms with Gasteiger partial charge in [0.1, 0.15) is 11.2 Å². The number of aromatic nitrogens is 4. The molecule has 0 amide bonds. The topological polar surface area (TPSA) is 89.6 Å². The molecule has 2 aliphatic rings. The molecule has 23 heavy (non-hydrogen) atoms. The molecule has 1 unspecified atom stereocenters. The number of nitrogens with two attached hydrogens (primary N) is 1. The molecule has 6 heteroatoms. The number of hydrogen-bond acceptors (Lipinski definition) is 4. The van der Waals surface area contributed by atoms with Gasteiger partial charge in [-0.25, -0.2) is 9.67 Å². The third kappa shape index (κ3) is 2.92. The van der Waals surface area contributed by atoms with Crippen LogP contribution in [0.15, 0.2) is 11.0 Å². The van der Waals surface area contributed by atoms with Gasteiger partial charge in [0.05, 0.1) is 12.2 Å². The van der Waals surface area contributed by atoms with E-state index in [4.69, 9.17) is 10.7 Å². The summed E-state index contributed by atoms with van der Waals surface area (Å²) in [4.78, 5) is 20.1. The lowest BCUT2D eigenvalue weighted by molar-refractivity contribution is 0.305. The Kier molecular flexibility index (Phi) is 3.93. The van der Waals surface area contributed by atoms with Gasteiger partial charge in [0.2, 0.25) is 0 Å². The largest absolute Gasteiger partial charge is 0.328 e. The van der Waals surface area contributed by atoms with Gasteiger partial charge in [-0.05, 0) is 31.6 Å². The second-order valence-electron chi connectivity index (χ2n) is 7.27. The van der Waals surface area contributed by atoms with Crippen molar-refractivity contribution in [3.05, 3.63) is 22.4 Å². The summed E-state index contributed by atoms with van der Waals surface area (Å²) in [6, 6.07) is 0.498. The summed E-state index contributed by atoms with van der Waals surface area (Å²) in [6.45, 7) is 0. The van der Waals surface area contributed by atoms with Crippen molar-refractivity contribution in [3.63, 3.8) is 0 Å². The third-order valence-electron chi connectivity index (χ3n) is 5.50. The minimum Gasteiger partial charge on any atom is -0.328 e. The minimum absolute atomic E-state index is 0.0608. The van der Waals surface area contributed by atoms with Crippen molar-refractivity contribution in [2.75, 3.05) is 0 Å². The number of nitrogens with zero attached hydrogens (tertiary/aromatic N) is 3. The number of hydrogen-bond donors (Lipinski definition) is 2. The van der Waals surface area contributed by atoms with Gasteiger partial charge in [0.15, 0.2) is 5.65 Å². The lowest BCUT2D eigenvalue weighted by atomic mass is 9.92. The zero-order chi connectivity index (χ0) is 15.8. The number of rotatable bonds is 3. The summed E-state index contributed by atoms with van der Waals surface area (Å²) in [5.74, 6) is 1.48. The van der Waals surface area contributed by atoms with Gasteiger partial charge in [0.25, 0.3) is 5.56 Å². The highest BCUT2D eigenvalue weighted by Gasteiger charge is 2.24. The van der Waals surface area contributed by atoms with Gasteiger partial charge >= 0.3 is 0 Å². The van der Waals surface area contributed by atoms with Crippen molar-refractivity contribution in [2.45, 2.75) is 69.9 Å². The fourth-order valence-electron chi connectivity index (χ4n) is 4.26. The van der Waals surface area contributed by atoms with Crippen molar-refractivity contribution >= 4 is 11.0 Å². The van der Waals surface area contributed by atoms with Crippen molar-refractivity contribution in [3.8, 4) is 0 Å². The molecule has 2 fully saturated rings. The first-order valence-electron chi connectivity index (χ1n) is 8.92. The maximum absolute atomic E-state index is 12.4. The molecule has 3 N–H and O–H groups in total. The molecule has 6 nitrogen and oxygen atoms in total. The number of H-pyrrole nitrogens is 1. The Hall–Kier alpha value is -1.69. The second-order valence-corrected chi connectivity index (χ2v) is 7.27. The number of fused-ring (bicyclic) bond motifs is 1. The molecule has 2 aromatic heterocycles. The van der Waals surface area contributed by atoms with E-state index < -0.39 is 0 Å². The van der Waals surface area contributed by atoms with Crippen LogP contribution in [0.25, 0.3) is 11.0 Å². The Morgan fingerprint density at radius 3 is 2.83 bits per heavy atom. The first-order chi connectivity index (χ1) is 11.2. The maximum Gasteiger partial charge on any atom is 0.262 e. The molecule has 2 saturated carbocycles. The number of aromatic amines is 1. The van der Waals surface area contributed by atoms with Crippen LogP contribution in [0.2, 0.25) is 0 Å². The molecule has 2 aliphatic carbocycles. The smallest absolute Gasteiger partial charge is 0.262 e. The molecule has 2 aromatic rings. The quantitative estimate of drug-likeness (QED) is 0.909. The van der Waals surface area contributed by atoms with Crippen LogP contribution < -0.4 is 11.3 Å². The van der Waals surface area contributed by atoms with Crippen LogP contribution in [0.5, 0.6) is 0 Å². The summed E-state index contributed by atoms with van der Waals surface area (Å²) in [5.41, 5.74) is 6.79. The van der Waals surface area contributed by atoms with Crippen LogP contribution >= 0.6 is 0 Å². The highest BCUT2D eigenvalue weighted by atomic mass is 16.1. The lowest BCUT2D eigenvalue weighted by Crippen LogP contribution is -2.30. The highest BCUT2D eigenvalue weighted by Crippen LogP contribution is 2.30. The van der Waals surface area contributed by atoms with E-state index in [1.54, 1.807) is 6.20 Å². The van der Waals surface area contributed by atoms with Gasteiger partial charge in [-0.15, -0.1) is 0 Å². The van der Waals surface area contributed by atoms with Crippen LogP contribution in [0, 0.1) is 5.92 Å². The van der Waals surface area contributed by atoms with Gasteiger partial charge in [0, 0.05) is 12.5 Å². The Labute approximate surface area is 135 Å². The average Bonchev–Trinajstić information content (AvgIpc) is 3.17. The molecule has 0 spiro atoms. The highest BCUT2D eigenvalue weighted by molar-refractivity contribution is 5.73. The van der Waals surface area contributed by atoms with E-state index in [1.807, 2.05) is 4.68 Å². The average molecular weight is 315 g/mol. The predicted molar refractivity (Wildman–Crippen MR) is 89.3 cm³/mol. The molecule has 0 saturated heterocycles. The van der Waals surface area contributed by atoms with E-state index in [-0.39, 0.29) is 17.6 Å². The van der Waals surface area contributed by atoms with Gasteiger partial charge in [-0.3, -0.25) is 4.79 Å². The van der Waals surface area contributed by atoms with Crippen LogP contribution in [-0.4, -0.2) is 25.8 Å². The summed E-state index contributed by atoms with van der Waals surface area (Å²) in [5, 5.41) is 5.06. The van der Waals surface area contributed by atoms with Crippen LogP contribution in [0.4, 0.5) is 0 Å². The Bertz CT molecular complexity index is 743. The lowest BCUT2D eigenvalue weighted by Gasteiger charge is -2.27. The third-order valence-corrected chi connectivity index (χ3v) is 5.50. The zero-order valence-corrected chi connectivity index (χ0v) is 13.5. The van der Waals surface area contributed by atoms with E-state index in [9.17, 15) is 4.79 Å². The molecule has 124 valence electrons. The Morgan fingerprint density at radius 1 is 1.22 bits per heavy atom. The monoisotopic (exact) mass is 315 g/mol. The number of nitrogens with one attached hydrogen (secondary N) is 1. The standard InChI is InChI=1S/C17H25N5O/c18-12-6-3-7-13(9-12)22-16-14(10-19-22)17(23)21-15(20-16)8-11-4-1-2-5-11/h10-13H,1-9,18H2,(H,20,21,23)/t12?,13-/m1/s1. The molecular weight excluding hydrogens is 290 g/mol. The SMILES string of the molecule is NC1CCC[C@@H](n2ncc3c(=O)[nH]c(CC4CCCC4)nc32)C1. The van der Waals surface area contributed by atoms with E-state index in [2.05, 4.69) is 10.1 Å². The summed E-state index contributed by atoms with van der Waals surface area (Å²) >= 11 is 0. The summed E-state index contributed by atoms with van der Waals surface area (Å²) in [7, 11) is 0. The first-order valence-corrected chi connectivity index (χ1v) is 8.92. The molecule has 2 atom stereocenters. The molecule has 0 aliphatic heterocycles. The Morgan fingerprint density at radius 2 is 2.04 bits per heavy atom. The molecule has 2 heterocycles. The van der Waals surface area contributed by atoms with Crippen LogP contribution in [-0.2, 0) is 6.42 Å². The molecule has 0 aromatic carbocycles. The maximum atomic E-state index is 12.4. The molecule has 0 bridgehead atoms. The summed E-state index contributed by atoms with van der Waals surface area (Å²) < 4.78 is 1.95. The fourth-order valence-corrected chi connectivity index (χ4v) is 4.26. The molecular formula is C17H25N5O. The van der Waals surface area contributed by atoms with E-state index >= 15 is 0 Å². The fraction of sp³-hybridized carbons (Fsp3) is 0.706.